The first-order chi connectivity index (χ1) is 11.8. The van der Waals surface area contributed by atoms with E-state index in [0.717, 1.165) is 16.7 Å². The zero-order valence-electron chi connectivity index (χ0n) is 14.6. The van der Waals surface area contributed by atoms with Crippen LogP contribution in [0.2, 0.25) is 0 Å². The summed E-state index contributed by atoms with van der Waals surface area (Å²) in [5, 5.41) is 1.20. The fourth-order valence-corrected chi connectivity index (χ4v) is 4.24. The van der Waals surface area contributed by atoms with Gasteiger partial charge in [-0.25, -0.2) is 8.42 Å². The highest BCUT2D eigenvalue weighted by Crippen LogP contribution is 2.27. The Hall–Kier alpha value is -2.40. The van der Waals surface area contributed by atoms with Crippen molar-refractivity contribution in [3.05, 3.63) is 76.2 Å². The van der Waals surface area contributed by atoms with Crippen molar-refractivity contribution in [2.24, 2.45) is 0 Å². The summed E-state index contributed by atoms with van der Waals surface area (Å²) >= 11 is 0. The van der Waals surface area contributed by atoms with Gasteiger partial charge in [0.2, 0.25) is 0 Å². The summed E-state index contributed by atoms with van der Waals surface area (Å²) in [6.07, 6.45) is 1.60. The van der Waals surface area contributed by atoms with Crippen LogP contribution in [0.3, 0.4) is 0 Å². The molecule has 1 aliphatic rings. The van der Waals surface area contributed by atoms with Gasteiger partial charge in [0.05, 0.1) is 11.8 Å². The molecule has 0 aromatic heterocycles. The summed E-state index contributed by atoms with van der Waals surface area (Å²) < 4.78 is 23.8. The van der Waals surface area contributed by atoms with Crippen LogP contribution in [0.1, 0.15) is 27.0 Å². The normalized spacial score (nSPS) is 18.3. The maximum absolute atomic E-state index is 13.2. The zero-order chi connectivity index (χ0) is 18.2. The highest BCUT2D eigenvalue weighted by Gasteiger charge is 2.32. The van der Waals surface area contributed by atoms with Crippen LogP contribution in [-0.2, 0) is 9.84 Å². The van der Waals surface area contributed by atoms with E-state index < -0.39 is 15.9 Å². The van der Waals surface area contributed by atoms with E-state index in [1.807, 2.05) is 57.2 Å². The van der Waals surface area contributed by atoms with Crippen molar-refractivity contribution < 1.29 is 13.2 Å². The van der Waals surface area contributed by atoms with Gasteiger partial charge in [-0.1, -0.05) is 23.8 Å². The average Bonchev–Trinajstić information content (AvgIpc) is 2.90. The van der Waals surface area contributed by atoms with Gasteiger partial charge in [-0.05, 0) is 62.2 Å². The molecule has 2 aromatic rings. The molecule has 2 aromatic carbocycles. The summed E-state index contributed by atoms with van der Waals surface area (Å²) in [6.45, 7) is 5.91. The molecule has 0 N–H and O–H groups in total. The average molecular weight is 355 g/mol. The molecular weight excluding hydrogens is 334 g/mol. The molecule has 0 bridgehead atoms. The standard InChI is InChI=1S/C20H21NO3S/c1-14-5-4-6-17(11-14)20(22)21(19-9-10-25(23,24)13-19)18-8-7-15(2)16(3)12-18/h4-12,19H,13H2,1-3H3/t19-/m0/s1. The van der Waals surface area contributed by atoms with Crippen LogP contribution in [0.4, 0.5) is 5.69 Å². The van der Waals surface area contributed by atoms with Crippen molar-refractivity contribution in [2.75, 3.05) is 10.7 Å². The Morgan fingerprint density at radius 3 is 2.40 bits per heavy atom. The van der Waals surface area contributed by atoms with Gasteiger partial charge in [0.25, 0.3) is 5.91 Å². The monoisotopic (exact) mass is 355 g/mol. The van der Waals surface area contributed by atoms with Gasteiger partial charge >= 0.3 is 0 Å². The Morgan fingerprint density at radius 2 is 1.80 bits per heavy atom. The van der Waals surface area contributed by atoms with Crippen LogP contribution in [0, 0.1) is 20.8 Å². The van der Waals surface area contributed by atoms with E-state index in [4.69, 9.17) is 0 Å². The SMILES string of the molecule is Cc1cccc(C(=O)N(c2ccc(C)c(C)c2)[C@H]2C=CS(=O)(=O)C2)c1. The number of benzene rings is 2. The lowest BCUT2D eigenvalue weighted by molar-refractivity contribution is 0.0983. The molecule has 1 atom stereocenters. The van der Waals surface area contributed by atoms with E-state index in [1.54, 1.807) is 17.0 Å². The van der Waals surface area contributed by atoms with E-state index in [9.17, 15) is 13.2 Å². The van der Waals surface area contributed by atoms with Gasteiger partial charge in [-0.3, -0.25) is 4.79 Å². The molecule has 0 saturated carbocycles. The number of amides is 1. The second kappa shape index (κ2) is 6.48. The number of aryl methyl sites for hydroxylation is 3. The first-order valence-electron chi connectivity index (χ1n) is 8.15. The lowest BCUT2D eigenvalue weighted by atomic mass is 10.1. The summed E-state index contributed by atoms with van der Waals surface area (Å²) in [4.78, 5) is 14.8. The minimum absolute atomic E-state index is 0.0858. The van der Waals surface area contributed by atoms with Crippen molar-refractivity contribution in [2.45, 2.75) is 26.8 Å². The smallest absolute Gasteiger partial charge is 0.258 e. The molecule has 4 nitrogen and oxygen atoms in total. The van der Waals surface area contributed by atoms with Crippen LogP contribution in [0.25, 0.3) is 0 Å². The Kier molecular flexibility index (Phi) is 4.52. The number of sulfone groups is 1. The van der Waals surface area contributed by atoms with Gasteiger partial charge < -0.3 is 4.90 Å². The highest BCUT2D eigenvalue weighted by molar-refractivity contribution is 7.94. The molecule has 0 spiro atoms. The zero-order valence-corrected chi connectivity index (χ0v) is 15.4. The molecule has 1 heterocycles. The largest absolute Gasteiger partial charge is 0.300 e. The Bertz CT molecular complexity index is 961. The lowest BCUT2D eigenvalue weighted by Crippen LogP contribution is -2.41. The van der Waals surface area contributed by atoms with Crippen molar-refractivity contribution >= 4 is 21.4 Å². The van der Waals surface area contributed by atoms with Gasteiger partial charge in [0.1, 0.15) is 0 Å². The minimum Gasteiger partial charge on any atom is -0.300 e. The molecule has 5 heteroatoms. The molecule has 1 aliphatic heterocycles. The van der Waals surface area contributed by atoms with Crippen molar-refractivity contribution in [3.63, 3.8) is 0 Å². The highest BCUT2D eigenvalue weighted by atomic mass is 32.2. The summed E-state index contributed by atoms with van der Waals surface area (Å²) in [6, 6.07) is 12.6. The fraction of sp³-hybridized carbons (Fsp3) is 0.250. The molecule has 1 amide bonds. The molecular formula is C20H21NO3S. The minimum atomic E-state index is -3.27. The maximum Gasteiger partial charge on any atom is 0.258 e. The molecule has 0 unspecified atom stereocenters. The quantitative estimate of drug-likeness (QED) is 0.846. The van der Waals surface area contributed by atoms with Gasteiger partial charge in [0.15, 0.2) is 9.84 Å². The molecule has 25 heavy (non-hydrogen) atoms. The molecule has 0 fully saturated rings. The Balaban J connectivity index is 2.07. The second-order valence-electron chi connectivity index (χ2n) is 6.54. The summed E-state index contributed by atoms with van der Waals surface area (Å²) in [5.41, 5.74) is 4.43. The number of anilines is 1. The van der Waals surface area contributed by atoms with Crippen molar-refractivity contribution in [3.8, 4) is 0 Å². The number of carbonyl (C=O) groups excluding carboxylic acids is 1. The van der Waals surface area contributed by atoms with E-state index in [0.29, 0.717) is 11.3 Å². The van der Waals surface area contributed by atoms with E-state index in [2.05, 4.69) is 0 Å². The summed E-state index contributed by atoms with van der Waals surface area (Å²) in [7, 11) is -3.27. The first-order valence-corrected chi connectivity index (χ1v) is 9.87. The van der Waals surface area contributed by atoms with Crippen molar-refractivity contribution in [1.82, 2.24) is 0 Å². The van der Waals surface area contributed by atoms with Crippen LogP contribution in [-0.4, -0.2) is 26.1 Å². The van der Waals surface area contributed by atoms with Crippen LogP contribution >= 0.6 is 0 Å². The van der Waals surface area contributed by atoms with E-state index in [-0.39, 0.29) is 11.7 Å². The van der Waals surface area contributed by atoms with Crippen LogP contribution < -0.4 is 4.90 Å². The number of nitrogens with zero attached hydrogens (tertiary/aromatic N) is 1. The molecule has 0 saturated heterocycles. The Morgan fingerprint density at radius 1 is 1.04 bits per heavy atom. The predicted octanol–water partition coefficient (Wildman–Crippen LogP) is 3.57. The lowest BCUT2D eigenvalue weighted by Gasteiger charge is -2.28. The first kappa shape index (κ1) is 17.4. The predicted molar refractivity (Wildman–Crippen MR) is 101 cm³/mol. The number of hydrogen-bond acceptors (Lipinski definition) is 3. The Labute approximate surface area is 148 Å². The number of hydrogen-bond donors (Lipinski definition) is 0. The number of carbonyl (C=O) groups is 1. The third-order valence-corrected chi connectivity index (χ3v) is 5.87. The molecule has 0 radical (unpaired) electrons. The summed E-state index contributed by atoms with van der Waals surface area (Å²) in [5.74, 6) is -0.281. The molecule has 0 aliphatic carbocycles. The molecule has 130 valence electrons. The van der Waals surface area contributed by atoms with Crippen LogP contribution in [0.5, 0.6) is 0 Å². The van der Waals surface area contributed by atoms with Crippen molar-refractivity contribution in [1.29, 1.82) is 0 Å². The van der Waals surface area contributed by atoms with E-state index >= 15 is 0 Å². The third-order valence-electron chi connectivity index (χ3n) is 4.50. The van der Waals surface area contributed by atoms with Gasteiger partial charge in [-0.2, -0.15) is 0 Å². The van der Waals surface area contributed by atoms with Crippen LogP contribution in [0.15, 0.2) is 53.9 Å². The van der Waals surface area contributed by atoms with E-state index in [1.165, 1.54) is 5.41 Å². The number of rotatable bonds is 3. The topological polar surface area (TPSA) is 54.5 Å². The van der Waals surface area contributed by atoms with Gasteiger partial charge in [-0.15, -0.1) is 0 Å². The third kappa shape index (κ3) is 3.66. The van der Waals surface area contributed by atoms with Gasteiger partial charge in [0, 0.05) is 16.7 Å². The maximum atomic E-state index is 13.2. The second-order valence-corrected chi connectivity index (χ2v) is 8.47. The fourth-order valence-electron chi connectivity index (χ4n) is 2.97. The molecule has 3 rings (SSSR count).